The van der Waals surface area contributed by atoms with Crippen molar-refractivity contribution in [2.45, 2.75) is 91.7 Å². The van der Waals surface area contributed by atoms with E-state index in [1.165, 1.54) is 30.3 Å². The maximum atomic E-state index is 12.6. The maximum absolute atomic E-state index is 12.6. The third-order valence-corrected chi connectivity index (χ3v) is 13.1. The Hall–Kier alpha value is -6.81. The van der Waals surface area contributed by atoms with Gasteiger partial charge >= 0.3 is 16.6 Å². The first kappa shape index (κ1) is 55.1. The summed E-state index contributed by atoms with van der Waals surface area (Å²) < 4.78 is 129. The topological polar surface area (TPSA) is 352 Å². The van der Waals surface area contributed by atoms with Crippen molar-refractivity contribution in [2.24, 2.45) is 20.5 Å². The fraction of sp³-hybridized carbons (Fsp3) is 0.289. The molecule has 0 amide bonds. The Bertz CT molecular complexity index is 3340. The van der Waals surface area contributed by atoms with Crippen LogP contribution in [0.2, 0.25) is 0 Å². The second-order valence-corrected chi connectivity index (χ2v) is 20.3. The van der Waals surface area contributed by atoms with E-state index in [4.69, 9.17) is 17.7 Å². The maximum Gasteiger partial charge on any atom is 0.425 e. The predicted molar refractivity (Wildman–Crippen MR) is 259 cm³/mol. The summed E-state index contributed by atoms with van der Waals surface area (Å²) in [4.78, 5) is 23.0. The number of anilines is 1. The number of hydrogen-bond acceptors (Lipinski definition) is 18. The van der Waals surface area contributed by atoms with Crippen LogP contribution in [0.3, 0.4) is 0 Å². The normalized spacial score (nSPS) is 12.0. The van der Waals surface area contributed by atoms with Gasteiger partial charge in [-0.3, -0.25) is 18.5 Å². The molecule has 0 atom stereocenters. The molecular formula is C45H48N8O14S4. The lowest BCUT2D eigenvalue weighted by Crippen LogP contribution is -2.13. The third kappa shape index (κ3) is 18.5. The van der Waals surface area contributed by atoms with Crippen LogP contribution in [0.25, 0.3) is 10.8 Å². The van der Waals surface area contributed by atoms with Crippen LogP contribution in [0.15, 0.2) is 138 Å². The molecule has 0 saturated heterocycles. The van der Waals surface area contributed by atoms with Crippen molar-refractivity contribution in [3.05, 3.63) is 126 Å². The van der Waals surface area contributed by atoms with Gasteiger partial charge in [0.05, 0.1) is 27.6 Å². The first-order valence-electron chi connectivity index (χ1n) is 21.7. The fourth-order valence-electron chi connectivity index (χ4n) is 7.10. The van der Waals surface area contributed by atoms with Crippen LogP contribution >= 0.6 is 0 Å². The van der Waals surface area contributed by atoms with Gasteiger partial charge in [0, 0.05) is 36.6 Å². The Morgan fingerprint density at radius 3 is 1.61 bits per heavy atom. The molecule has 0 aliphatic carbocycles. The highest BCUT2D eigenvalue weighted by Crippen LogP contribution is 2.34. The van der Waals surface area contributed by atoms with Gasteiger partial charge in [0.25, 0.3) is 30.4 Å². The Kier molecular flexibility index (Phi) is 20.1. The summed E-state index contributed by atoms with van der Waals surface area (Å²) >= 11 is 0. The molecule has 0 unspecified atom stereocenters. The van der Waals surface area contributed by atoms with E-state index in [1.807, 2.05) is 6.07 Å². The molecule has 1 aromatic heterocycles. The number of aliphatic carboxylic acids is 1. The van der Waals surface area contributed by atoms with E-state index in [0.717, 1.165) is 69.1 Å². The van der Waals surface area contributed by atoms with Crippen molar-refractivity contribution < 1.29 is 61.4 Å². The van der Waals surface area contributed by atoms with Crippen LogP contribution in [-0.2, 0) is 58.6 Å². The summed E-state index contributed by atoms with van der Waals surface area (Å²) in [5, 5.41) is 28.2. The van der Waals surface area contributed by atoms with Gasteiger partial charge in [-0.05, 0) is 78.6 Å². The molecule has 1 heterocycles. The average molecular weight is 1050 g/mol. The summed E-state index contributed by atoms with van der Waals surface area (Å²) in [7, 11) is -17.5. The van der Waals surface area contributed by atoms with Crippen LogP contribution in [0.1, 0.15) is 87.0 Å². The number of azo groups is 2. The molecule has 6 rings (SSSR count). The van der Waals surface area contributed by atoms with Crippen molar-refractivity contribution in [1.29, 1.82) is 0 Å². The number of rotatable bonds is 24. The number of fused-ring (bicyclic) bond motifs is 1. The van der Waals surface area contributed by atoms with Crippen LogP contribution in [0.5, 0.6) is 0 Å². The summed E-state index contributed by atoms with van der Waals surface area (Å²) in [6, 6.07) is 25.7. The van der Waals surface area contributed by atoms with E-state index in [-0.39, 0.29) is 63.6 Å². The zero-order valence-corrected chi connectivity index (χ0v) is 40.9. The Labute approximate surface area is 410 Å². The minimum absolute atomic E-state index is 0.0924. The number of unbranched alkanes of at least 4 members (excludes halogenated alkanes) is 8. The molecule has 0 fully saturated rings. The zero-order chi connectivity index (χ0) is 51.6. The Morgan fingerprint density at radius 1 is 0.507 bits per heavy atom. The minimum atomic E-state index is -4.85. The third-order valence-electron chi connectivity index (χ3n) is 10.3. The highest BCUT2D eigenvalue weighted by atomic mass is 32.2. The summed E-state index contributed by atoms with van der Waals surface area (Å²) in [6.45, 7) is 0.551. The number of aromatic nitrogens is 3. The van der Waals surface area contributed by atoms with E-state index in [1.54, 1.807) is 54.6 Å². The Morgan fingerprint density at radius 2 is 1.01 bits per heavy atom. The molecule has 0 aliphatic heterocycles. The van der Waals surface area contributed by atoms with Crippen molar-refractivity contribution >= 4 is 86.4 Å². The van der Waals surface area contributed by atoms with Crippen LogP contribution in [0, 0.1) is 0 Å². The molecule has 6 aromatic rings. The SMILES string of the molecule is O=C(O)CCCCCCCCCCCNc1nc(Cc2ccc(N=Nc3cc(S(=O)(=O)O)c4cccc(S(=O)(=O)O)c4c3)cc2)nc(Cc2ccc(N=Nc3ccccc3)cc2S(=O)(=O)O)n1.O=S(=O)=O. The van der Waals surface area contributed by atoms with Crippen LogP contribution in [-0.4, -0.2) is 84.1 Å². The number of benzene rings is 5. The van der Waals surface area contributed by atoms with E-state index in [0.29, 0.717) is 30.2 Å². The lowest BCUT2D eigenvalue weighted by Gasteiger charge is -2.11. The first-order valence-corrected chi connectivity index (χ1v) is 27.0. The van der Waals surface area contributed by atoms with Gasteiger partial charge in [-0.2, -0.15) is 55.7 Å². The fourth-order valence-corrected chi connectivity index (χ4v) is 9.26. The smallest absolute Gasteiger partial charge is 0.425 e. The molecule has 0 saturated carbocycles. The highest BCUT2D eigenvalue weighted by molar-refractivity contribution is 7.86. The van der Waals surface area contributed by atoms with E-state index < -0.39 is 56.7 Å². The first-order chi connectivity index (χ1) is 33.7. The molecule has 22 nitrogen and oxygen atoms in total. The molecule has 5 aromatic carbocycles. The van der Waals surface area contributed by atoms with Gasteiger partial charge in [-0.25, -0.2) is 4.98 Å². The standard InChI is InChI=1S/C45H48N8O11S3.O3S/c54-44(55)18-11-6-4-2-1-3-5-7-12-25-46-45-48-42(47-43(49-45)27-32-21-24-35(29-40(32)66(59,60)61)52-50-33-14-9-8-10-15-33)26-31-19-22-34(23-20-31)51-53-36-28-38-37(41(30-36)67(62,63)64)16-13-17-39(38)65(56,57)58;1-4(2)3/h8-10,13-17,19-24,28-30H,1-7,11-12,18,25-27H2,(H,54,55)(H,56,57,58)(H,59,60,61)(H,62,63,64)(H,46,47,48,49);. The van der Waals surface area contributed by atoms with Crippen LogP contribution in [0.4, 0.5) is 28.7 Å². The lowest BCUT2D eigenvalue weighted by molar-refractivity contribution is -0.137. The van der Waals surface area contributed by atoms with Gasteiger partial charge in [0.2, 0.25) is 5.95 Å². The summed E-state index contributed by atoms with van der Waals surface area (Å²) in [6.07, 6.45) is 8.97. The van der Waals surface area contributed by atoms with Crippen molar-refractivity contribution in [3.8, 4) is 0 Å². The molecule has 0 radical (unpaired) electrons. The molecule has 5 N–H and O–H groups in total. The molecule has 26 heteroatoms. The number of hydrogen-bond donors (Lipinski definition) is 5. The van der Waals surface area contributed by atoms with Crippen molar-refractivity contribution in [1.82, 2.24) is 15.0 Å². The van der Waals surface area contributed by atoms with Gasteiger partial charge in [0.1, 0.15) is 21.4 Å². The molecule has 0 bridgehead atoms. The highest BCUT2D eigenvalue weighted by Gasteiger charge is 2.22. The number of nitrogens with zero attached hydrogens (tertiary/aromatic N) is 7. The van der Waals surface area contributed by atoms with Gasteiger partial charge in [-0.15, -0.1) is 12.6 Å². The van der Waals surface area contributed by atoms with E-state index in [2.05, 4.69) is 40.7 Å². The number of nitrogens with one attached hydrogen (secondary N) is 1. The van der Waals surface area contributed by atoms with Crippen LogP contribution < -0.4 is 5.32 Å². The van der Waals surface area contributed by atoms with Crippen molar-refractivity contribution in [3.63, 3.8) is 0 Å². The molecule has 0 aliphatic rings. The second kappa shape index (κ2) is 25.9. The predicted octanol–water partition coefficient (Wildman–Crippen LogP) is 9.17. The summed E-state index contributed by atoms with van der Waals surface area (Å²) in [5.41, 5.74) is 1.89. The number of carbonyl (C=O) groups is 1. The van der Waals surface area contributed by atoms with Gasteiger partial charge in [-0.1, -0.05) is 93.5 Å². The second-order valence-electron chi connectivity index (χ2n) is 15.7. The average Bonchev–Trinajstić information content (AvgIpc) is 3.30. The largest absolute Gasteiger partial charge is 0.481 e. The zero-order valence-electron chi connectivity index (χ0n) is 37.6. The van der Waals surface area contributed by atoms with E-state index in [9.17, 15) is 43.7 Å². The van der Waals surface area contributed by atoms with Crippen molar-refractivity contribution in [2.75, 3.05) is 11.9 Å². The van der Waals surface area contributed by atoms with Gasteiger partial charge in [0.15, 0.2) is 0 Å². The molecule has 71 heavy (non-hydrogen) atoms. The van der Waals surface area contributed by atoms with E-state index >= 15 is 0 Å². The number of carboxylic acid groups (broad SMARTS) is 1. The minimum Gasteiger partial charge on any atom is -0.481 e. The van der Waals surface area contributed by atoms with Gasteiger partial charge < -0.3 is 10.4 Å². The molecule has 0 spiro atoms. The Balaban J connectivity index is 0.00000226. The number of carboxylic acids is 1. The molecular weight excluding hydrogens is 1000 g/mol. The molecule has 376 valence electrons. The quantitative estimate of drug-likeness (QED) is 0.0214. The lowest BCUT2D eigenvalue weighted by atomic mass is 10.1. The summed E-state index contributed by atoms with van der Waals surface area (Å²) in [5.74, 6) is 0.0709. The monoisotopic (exact) mass is 1050 g/mol.